The Morgan fingerprint density at radius 2 is 1.80 bits per heavy atom. The Labute approximate surface area is 195 Å². The second-order valence-corrected chi connectivity index (χ2v) is 10.1. The van der Waals surface area contributed by atoms with Gasteiger partial charge in [0.1, 0.15) is 6.54 Å². The van der Waals surface area contributed by atoms with Crippen molar-refractivity contribution in [3.05, 3.63) is 29.6 Å². The fourth-order valence-electron chi connectivity index (χ4n) is 1.96. The minimum atomic E-state index is -0.612. The lowest BCUT2D eigenvalue weighted by molar-refractivity contribution is -0.142. The highest BCUT2D eigenvalue weighted by Crippen LogP contribution is 2.52. The first kappa shape index (κ1) is 24.7. The number of rotatable bonds is 9. The molecule has 0 aliphatic carbocycles. The quantitative estimate of drug-likeness (QED) is 0.258. The van der Waals surface area contributed by atoms with Crippen LogP contribution in [0.5, 0.6) is 0 Å². The molecular weight excluding hydrogens is 459 g/mol. The first-order chi connectivity index (χ1) is 14.7. The zero-order valence-electron chi connectivity index (χ0n) is 16.7. The van der Waals surface area contributed by atoms with E-state index in [2.05, 4.69) is 45.2 Å². The largest absolute Gasteiger partial charge is 0.464 e. The molecule has 0 fully saturated rings. The summed E-state index contributed by atoms with van der Waals surface area (Å²) in [7, 11) is 0. The van der Waals surface area contributed by atoms with Crippen LogP contribution in [0, 0.1) is 23.7 Å². The average Bonchev–Trinajstić information content (AvgIpc) is 3.43. The number of carbonyl (C=O) groups is 2. The van der Waals surface area contributed by atoms with Crippen molar-refractivity contribution in [1.29, 1.82) is 0 Å². The van der Waals surface area contributed by atoms with Gasteiger partial charge in [0.25, 0.3) is 0 Å². The summed E-state index contributed by atoms with van der Waals surface area (Å²) in [5, 5.41) is 8.62. The molecule has 2 heterocycles. The lowest BCUT2D eigenvalue weighted by atomic mass is 10.2. The number of hydrogen-bond donors (Lipinski definition) is 1. The van der Waals surface area contributed by atoms with Crippen molar-refractivity contribution in [2.24, 2.45) is 0 Å². The minimum absolute atomic E-state index is 0.174. The first-order valence-electron chi connectivity index (χ1n) is 9.51. The van der Waals surface area contributed by atoms with E-state index in [0.29, 0.717) is 19.4 Å². The molecule has 30 heavy (non-hydrogen) atoms. The second kappa shape index (κ2) is 15.3. The summed E-state index contributed by atoms with van der Waals surface area (Å²) in [4.78, 5) is 23.9. The number of unbranched alkanes of at least 4 members (excludes halogenated alkanes) is 3. The molecule has 2 aliphatic rings. The number of ether oxygens (including phenoxy) is 2. The fourth-order valence-corrected chi connectivity index (χ4v) is 6.21. The van der Waals surface area contributed by atoms with Crippen LogP contribution in [0.3, 0.4) is 0 Å². The topological polar surface area (TPSA) is 64.6 Å². The van der Waals surface area contributed by atoms with Gasteiger partial charge in [-0.1, -0.05) is 66.3 Å². The van der Waals surface area contributed by atoms with Gasteiger partial charge in [0.15, 0.2) is 0 Å². The van der Waals surface area contributed by atoms with Gasteiger partial charge in [0, 0.05) is 6.42 Å². The van der Waals surface area contributed by atoms with E-state index in [1.54, 1.807) is 47.0 Å². The van der Waals surface area contributed by atoms with Gasteiger partial charge in [0.05, 0.1) is 26.6 Å². The molecule has 1 amide bonds. The van der Waals surface area contributed by atoms with Crippen LogP contribution in [0.4, 0.5) is 4.79 Å². The zero-order valence-corrected chi connectivity index (χ0v) is 19.9. The smallest absolute Gasteiger partial charge is 0.407 e. The van der Waals surface area contributed by atoms with Gasteiger partial charge in [-0.3, -0.25) is 4.79 Å². The van der Waals surface area contributed by atoms with E-state index in [-0.39, 0.29) is 13.2 Å². The number of esters is 1. The lowest BCUT2D eigenvalue weighted by Gasteiger charge is -2.06. The number of nitrogens with one attached hydrogen (secondary N) is 1. The Bertz CT molecular complexity index is 817. The van der Waals surface area contributed by atoms with E-state index in [1.807, 2.05) is 6.92 Å². The minimum Gasteiger partial charge on any atom is -0.464 e. The number of amides is 1. The average molecular weight is 482 g/mol. The summed E-state index contributed by atoms with van der Waals surface area (Å²) in [6, 6.07) is 0. The number of thioether (sulfide) groups is 4. The molecule has 0 aromatic carbocycles. The van der Waals surface area contributed by atoms with Crippen LogP contribution in [-0.2, 0) is 14.3 Å². The van der Waals surface area contributed by atoms with E-state index in [4.69, 9.17) is 9.47 Å². The van der Waals surface area contributed by atoms with Crippen LogP contribution >= 0.6 is 47.0 Å². The Hall–Kier alpha value is -1.52. The number of carbonyl (C=O) groups excluding carboxylic acids is 2. The highest BCUT2D eigenvalue weighted by Gasteiger charge is 2.17. The van der Waals surface area contributed by atoms with Gasteiger partial charge in [-0.05, 0) is 53.2 Å². The van der Waals surface area contributed by atoms with Gasteiger partial charge in [-0.25, -0.2) is 4.79 Å². The van der Waals surface area contributed by atoms with Crippen LogP contribution in [-0.4, -0.2) is 31.8 Å². The summed E-state index contributed by atoms with van der Waals surface area (Å²) >= 11 is 6.90. The molecular formula is C21H23NO4S4. The third-order valence-corrected chi connectivity index (χ3v) is 8.39. The van der Waals surface area contributed by atoms with E-state index in [9.17, 15) is 9.59 Å². The molecule has 0 aromatic rings. The number of allylic oxidation sites excluding steroid dienone is 1. The van der Waals surface area contributed by atoms with Gasteiger partial charge in [-0.15, -0.1) is 0 Å². The molecule has 9 heteroatoms. The molecule has 2 rings (SSSR count). The number of alkyl carbamates (subject to hydrolysis) is 1. The third kappa shape index (κ3) is 10.5. The van der Waals surface area contributed by atoms with Crippen LogP contribution in [0.2, 0.25) is 0 Å². The summed E-state index contributed by atoms with van der Waals surface area (Å²) < 4.78 is 12.5. The van der Waals surface area contributed by atoms with Gasteiger partial charge in [0.2, 0.25) is 0 Å². The maximum Gasteiger partial charge on any atom is 0.407 e. The fraction of sp³-hybridized carbons (Fsp3) is 0.429. The molecule has 1 N–H and O–H groups in total. The summed E-state index contributed by atoms with van der Waals surface area (Å²) in [6.45, 7) is 2.50. The lowest BCUT2D eigenvalue weighted by Crippen LogP contribution is -2.31. The highest BCUT2D eigenvalue weighted by molar-refractivity contribution is 8.33. The molecule has 0 aromatic heterocycles. The molecule has 0 bridgehead atoms. The second-order valence-electron chi connectivity index (χ2n) is 5.86. The standard InChI is InChI=1S/C21H23NO4S4/c1-2-3-11-25-18(23)15-22-21(24)26-12-9-7-5-4-6-8-10-17-16-29-20(30-17)19-27-13-14-28-19/h13-14,16H,2-3,5,7,9,11-12,15H2,1H3,(H,22,24). The maximum absolute atomic E-state index is 11.5. The van der Waals surface area contributed by atoms with Crippen molar-refractivity contribution >= 4 is 59.1 Å². The van der Waals surface area contributed by atoms with Gasteiger partial charge < -0.3 is 14.8 Å². The van der Waals surface area contributed by atoms with E-state index >= 15 is 0 Å². The predicted octanol–water partition coefficient (Wildman–Crippen LogP) is 5.63. The molecule has 0 radical (unpaired) electrons. The number of hydrogen-bond acceptors (Lipinski definition) is 8. The van der Waals surface area contributed by atoms with Crippen LogP contribution in [0.25, 0.3) is 0 Å². The van der Waals surface area contributed by atoms with E-state index < -0.39 is 12.1 Å². The molecule has 0 atom stereocenters. The summed E-state index contributed by atoms with van der Waals surface area (Å²) in [6.07, 6.45) is 3.36. The van der Waals surface area contributed by atoms with Crippen molar-refractivity contribution < 1.29 is 19.1 Å². The monoisotopic (exact) mass is 481 g/mol. The molecule has 0 saturated carbocycles. The van der Waals surface area contributed by atoms with E-state index in [1.165, 1.54) is 8.47 Å². The SMILES string of the molecule is CCCCOC(=O)CNC(=O)OCCCCC#CC#CC1=CSC(=C2SC=CS2)S1. The van der Waals surface area contributed by atoms with Crippen LogP contribution in [0.15, 0.2) is 29.6 Å². The molecule has 5 nitrogen and oxygen atoms in total. The zero-order chi connectivity index (χ0) is 21.4. The Morgan fingerprint density at radius 1 is 1.00 bits per heavy atom. The molecule has 0 spiro atoms. The first-order valence-corrected chi connectivity index (χ1v) is 13.0. The highest BCUT2D eigenvalue weighted by atomic mass is 32.2. The summed E-state index contributed by atoms with van der Waals surface area (Å²) in [5.74, 6) is 11.4. The molecule has 0 unspecified atom stereocenters. The predicted molar refractivity (Wildman–Crippen MR) is 129 cm³/mol. The molecule has 160 valence electrons. The van der Waals surface area contributed by atoms with Crippen molar-refractivity contribution in [3.63, 3.8) is 0 Å². The van der Waals surface area contributed by atoms with Crippen LogP contribution in [0.1, 0.15) is 39.0 Å². The molecule has 0 saturated heterocycles. The third-order valence-electron chi connectivity index (χ3n) is 3.45. The van der Waals surface area contributed by atoms with E-state index in [0.717, 1.165) is 24.2 Å². The van der Waals surface area contributed by atoms with Crippen LogP contribution < -0.4 is 5.32 Å². The van der Waals surface area contributed by atoms with Crippen molar-refractivity contribution in [2.45, 2.75) is 39.0 Å². The van der Waals surface area contributed by atoms with Crippen molar-refractivity contribution in [2.75, 3.05) is 19.8 Å². The van der Waals surface area contributed by atoms with Gasteiger partial charge >= 0.3 is 12.1 Å². The summed E-state index contributed by atoms with van der Waals surface area (Å²) in [5.41, 5.74) is 0. The van der Waals surface area contributed by atoms with Gasteiger partial charge in [-0.2, -0.15) is 0 Å². The van der Waals surface area contributed by atoms with Crippen molar-refractivity contribution in [3.8, 4) is 23.7 Å². The van der Waals surface area contributed by atoms with Crippen molar-refractivity contribution in [1.82, 2.24) is 5.32 Å². The maximum atomic E-state index is 11.5. The normalized spacial score (nSPS) is 14.4. The Balaban J connectivity index is 1.49. The Kier molecular flexibility index (Phi) is 12.6. The Morgan fingerprint density at radius 3 is 2.60 bits per heavy atom. The molecule has 2 aliphatic heterocycles.